The molecule has 0 fully saturated rings. The predicted molar refractivity (Wildman–Crippen MR) is 58.4 cm³/mol. The summed E-state index contributed by atoms with van der Waals surface area (Å²) in [6.07, 6.45) is 0. The Balaban J connectivity index is 2.51. The van der Waals surface area contributed by atoms with Gasteiger partial charge in [0.1, 0.15) is 17.0 Å². The summed E-state index contributed by atoms with van der Waals surface area (Å²) >= 11 is 0. The van der Waals surface area contributed by atoms with E-state index in [1.54, 1.807) is 6.07 Å². The molecule has 0 radical (unpaired) electrons. The molecule has 0 amide bonds. The summed E-state index contributed by atoms with van der Waals surface area (Å²) in [5.74, 6) is -0.265. The van der Waals surface area contributed by atoms with Crippen LogP contribution in [0.5, 0.6) is 0 Å². The first-order valence-corrected chi connectivity index (χ1v) is 4.82. The van der Waals surface area contributed by atoms with Crippen molar-refractivity contribution >= 4 is 21.9 Å². The van der Waals surface area contributed by atoms with Gasteiger partial charge in [0.05, 0.1) is 0 Å². The van der Waals surface area contributed by atoms with Crippen molar-refractivity contribution in [1.29, 1.82) is 0 Å². The average Bonchev–Trinajstić information content (AvgIpc) is 2.53. The zero-order valence-electron chi connectivity index (χ0n) is 8.25. The molecule has 1 aromatic heterocycles. The van der Waals surface area contributed by atoms with Crippen LogP contribution in [0.25, 0.3) is 21.9 Å². The van der Waals surface area contributed by atoms with Crippen LogP contribution in [0.2, 0.25) is 0 Å². The van der Waals surface area contributed by atoms with Gasteiger partial charge >= 0.3 is 0 Å². The Hall–Kier alpha value is -1.83. The highest BCUT2D eigenvalue weighted by Gasteiger charge is 2.06. The van der Waals surface area contributed by atoms with Gasteiger partial charge in [-0.3, -0.25) is 0 Å². The monoisotopic (exact) mass is 200 g/mol. The van der Waals surface area contributed by atoms with Gasteiger partial charge in [-0.1, -0.05) is 12.1 Å². The molecule has 0 aliphatic carbocycles. The third-order valence-corrected chi connectivity index (χ3v) is 2.59. The number of furan rings is 1. The Bertz CT molecular complexity index is 596. The van der Waals surface area contributed by atoms with Crippen molar-refractivity contribution in [3.8, 4) is 0 Å². The number of hydrogen-bond donors (Lipinski definition) is 0. The number of rotatable bonds is 0. The van der Waals surface area contributed by atoms with Crippen molar-refractivity contribution in [1.82, 2.24) is 0 Å². The molecule has 0 spiro atoms. The summed E-state index contributed by atoms with van der Waals surface area (Å²) in [7, 11) is 0. The number of fused-ring (bicyclic) bond motifs is 3. The van der Waals surface area contributed by atoms with Crippen LogP contribution >= 0.6 is 0 Å². The molecule has 1 nitrogen and oxygen atoms in total. The second-order valence-corrected chi connectivity index (χ2v) is 3.74. The van der Waals surface area contributed by atoms with E-state index in [1.807, 2.05) is 25.1 Å². The Kier molecular flexibility index (Phi) is 1.60. The minimum atomic E-state index is -0.265. The second kappa shape index (κ2) is 2.83. The van der Waals surface area contributed by atoms with Gasteiger partial charge in [-0.25, -0.2) is 4.39 Å². The van der Waals surface area contributed by atoms with E-state index in [-0.39, 0.29) is 5.82 Å². The maximum absolute atomic E-state index is 13.0. The first-order valence-electron chi connectivity index (χ1n) is 4.82. The lowest BCUT2D eigenvalue weighted by Crippen LogP contribution is -1.71. The summed E-state index contributed by atoms with van der Waals surface area (Å²) in [4.78, 5) is 0. The van der Waals surface area contributed by atoms with Crippen LogP contribution in [0.4, 0.5) is 4.39 Å². The van der Waals surface area contributed by atoms with Gasteiger partial charge in [-0.15, -0.1) is 0 Å². The van der Waals surface area contributed by atoms with Gasteiger partial charge in [0.2, 0.25) is 0 Å². The van der Waals surface area contributed by atoms with Gasteiger partial charge in [-0.05, 0) is 30.7 Å². The number of aryl methyl sites for hydroxylation is 1. The van der Waals surface area contributed by atoms with Crippen molar-refractivity contribution in [2.24, 2.45) is 0 Å². The van der Waals surface area contributed by atoms with E-state index in [0.717, 1.165) is 21.9 Å². The molecule has 0 aliphatic rings. The Morgan fingerprint density at radius 3 is 2.40 bits per heavy atom. The molecule has 0 saturated carbocycles. The molecule has 0 N–H and O–H groups in total. The van der Waals surface area contributed by atoms with Crippen LogP contribution in [0.3, 0.4) is 0 Å². The molecule has 0 unspecified atom stereocenters. The van der Waals surface area contributed by atoms with Gasteiger partial charge in [0.15, 0.2) is 0 Å². The van der Waals surface area contributed by atoms with E-state index in [4.69, 9.17) is 4.42 Å². The molecular weight excluding hydrogens is 191 g/mol. The van der Waals surface area contributed by atoms with Crippen LogP contribution in [0, 0.1) is 12.7 Å². The fourth-order valence-corrected chi connectivity index (χ4v) is 1.86. The molecule has 15 heavy (non-hydrogen) atoms. The second-order valence-electron chi connectivity index (χ2n) is 3.74. The molecule has 0 atom stereocenters. The van der Waals surface area contributed by atoms with Crippen LogP contribution < -0.4 is 0 Å². The summed E-state index contributed by atoms with van der Waals surface area (Å²) < 4.78 is 18.6. The molecular formula is C13H9FO. The molecule has 3 rings (SSSR count). The lowest BCUT2D eigenvalue weighted by molar-refractivity contribution is 0.618. The van der Waals surface area contributed by atoms with Gasteiger partial charge < -0.3 is 4.42 Å². The zero-order chi connectivity index (χ0) is 10.4. The van der Waals surface area contributed by atoms with Crippen LogP contribution in [-0.2, 0) is 0 Å². The highest BCUT2D eigenvalue weighted by molar-refractivity contribution is 6.04. The molecule has 2 aromatic carbocycles. The van der Waals surface area contributed by atoms with E-state index in [0.29, 0.717) is 5.58 Å². The van der Waals surface area contributed by atoms with E-state index in [1.165, 1.54) is 12.1 Å². The minimum absolute atomic E-state index is 0.265. The average molecular weight is 200 g/mol. The quantitative estimate of drug-likeness (QED) is 0.534. The van der Waals surface area contributed by atoms with E-state index >= 15 is 0 Å². The van der Waals surface area contributed by atoms with E-state index < -0.39 is 0 Å². The lowest BCUT2D eigenvalue weighted by atomic mass is 10.1. The number of benzene rings is 2. The SMILES string of the molecule is Cc1ccc2c(c1)oc1cc(F)ccc12. The zero-order valence-corrected chi connectivity index (χ0v) is 8.25. The molecule has 0 saturated heterocycles. The standard InChI is InChI=1S/C13H9FO/c1-8-2-4-10-11-5-3-9(14)7-13(11)15-12(10)6-8/h2-7H,1H3. The maximum atomic E-state index is 13.0. The third-order valence-electron chi connectivity index (χ3n) is 2.59. The topological polar surface area (TPSA) is 13.1 Å². The summed E-state index contributed by atoms with van der Waals surface area (Å²) in [6, 6.07) is 10.6. The van der Waals surface area contributed by atoms with Gasteiger partial charge in [0.25, 0.3) is 0 Å². The van der Waals surface area contributed by atoms with Crippen LogP contribution in [0.1, 0.15) is 5.56 Å². The fraction of sp³-hybridized carbons (Fsp3) is 0.0769. The smallest absolute Gasteiger partial charge is 0.138 e. The first kappa shape index (κ1) is 8.48. The molecule has 0 aliphatic heterocycles. The van der Waals surface area contributed by atoms with Crippen molar-refractivity contribution in [2.45, 2.75) is 6.92 Å². The first-order chi connectivity index (χ1) is 7.24. The Morgan fingerprint density at radius 1 is 0.933 bits per heavy atom. The molecule has 3 aromatic rings. The van der Waals surface area contributed by atoms with Crippen LogP contribution in [0.15, 0.2) is 40.8 Å². The minimum Gasteiger partial charge on any atom is -0.456 e. The normalized spacial score (nSPS) is 11.3. The van der Waals surface area contributed by atoms with Crippen molar-refractivity contribution < 1.29 is 8.81 Å². The van der Waals surface area contributed by atoms with E-state index in [9.17, 15) is 4.39 Å². The predicted octanol–water partition coefficient (Wildman–Crippen LogP) is 4.03. The van der Waals surface area contributed by atoms with Gasteiger partial charge in [0, 0.05) is 16.8 Å². The Labute approximate surface area is 86.1 Å². The lowest BCUT2D eigenvalue weighted by Gasteiger charge is -1.90. The summed E-state index contributed by atoms with van der Waals surface area (Å²) in [5, 5.41) is 2.00. The third kappa shape index (κ3) is 1.22. The largest absolute Gasteiger partial charge is 0.456 e. The Morgan fingerprint density at radius 2 is 1.60 bits per heavy atom. The summed E-state index contributed by atoms with van der Waals surface area (Å²) in [5.41, 5.74) is 2.56. The van der Waals surface area contributed by atoms with Crippen molar-refractivity contribution in [2.75, 3.05) is 0 Å². The van der Waals surface area contributed by atoms with E-state index in [2.05, 4.69) is 0 Å². The molecule has 0 bridgehead atoms. The van der Waals surface area contributed by atoms with Crippen LogP contribution in [-0.4, -0.2) is 0 Å². The summed E-state index contributed by atoms with van der Waals surface area (Å²) in [6.45, 7) is 2.01. The number of halogens is 1. The molecule has 1 heterocycles. The number of hydrogen-bond acceptors (Lipinski definition) is 1. The molecule has 74 valence electrons. The van der Waals surface area contributed by atoms with Crippen molar-refractivity contribution in [3.63, 3.8) is 0 Å². The van der Waals surface area contributed by atoms with Gasteiger partial charge in [-0.2, -0.15) is 0 Å². The molecule has 2 heteroatoms. The fourth-order valence-electron chi connectivity index (χ4n) is 1.86. The maximum Gasteiger partial charge on any atom is 0.138 e. The highest BCUT2D eigenvalue weighted by atomic mass is 19.1. The van der Waals surface area contributed by atoms with Crippen molar-refractivity contribution in [3.05, 3.63) is 47.8 Å². The highest BCUT2D eigenvalue weighted by Crippen LogP contribution is 2.29.